The molecule has 12 heteroatoms. The zero-order chi connectivity index (χ0) is 30.7. The van der Waals surface area contributed by atoms with Crippen LogP contribution in [0.1, 0.15) is 53.6 Å². The van der Waals surface area contributed by atoms with E-state index in [1.807, 2.05) is 30.3 Å². The minimum Gasteiger partial charge on any atom is -0.419 e. The van der Waals surface area contributed by atoms with E-state index in [1.165, 1.54) is 42.5 Å². The first-order valence-electron chi connectivity index (χ1n) is 13.1. The van der Waals surface area contributed by atoms with Gasteiger partial charge in [0.05, 0.1) is 23.4 Å². The monoisotopic (exact) mass is 600 g/mol. The van der Waals surface area contributed by atoms with E-state index in [-0.39, 0.29) is 40.7 Å². The fourth-order valence-corrected chi connectivity index (χ4v) is 5.68. The van der Waals surface area contributed by atoms with E-state index in [0.29, 0.717) is 6.42 Å². The summed E-state index contributed by atoms with van der Waals surface area (Å²) in [5, 5.41) is 8.17. The number of nitrogens with two attached hydrogens (primary N) is 1. The smallest absolute Gasteiger partial charge is 0.396 e. The highest BCUT2D eigenvalue weighted by Gasteiger charge is 2.42. The van der Waals surface area contributed by atoms with E-state index >= 15 is 0 Å². The van der Waals surface area contributed by atoms with Crippen molar-refractivity contribution in [2.75, 3.05) is 17.1 Å². The lowest BCUT2D eigenvalue weighted by Gasteiger charge is -2.23. The molecule has 3 aromatic carbocycles. The van der Waals surface area contributed by atoms with Crippen molar-refractivity contribution in [1.82, 2.24) is 10.2 Å². The van der Waals surface area contributed by atoms with Crippen LogP contribution in [0.25, 0.3) is 11.5 Å². The van der Waals surface area contributed by atoms with Crippen molar-refractivity contribution < 1.29 is 30.8 Å². The molecule has 8 nitrogen and oxygen atoms in total. The number of hydrogen-bond acceptors (Lipinski definition) is 7. The minimum absolute atomic E-state index is 0.0120. The van der Waals surface area contributed by atoms with Crippen LogP contribution in [0.4, 0.5) is 18.9 Å². The van der Waals surface area contributed by atoms with Gasteiger partial charge in [-0.3, -0.25) is 9.10 Å². The van der Waals surface area contributed by atoms with E-state index in [0.717, 1.165) is 16.1 Å². The first kappa shape index (κ1) is 30.9. The van der Waals surface area contributed by atoms with Crippen LogP contribution in [0.5, 0.6) is 0 Å². The summed E-state index contributed by atoms with van der Waals surface area (Å²) in [7, 11) is -3.80. The molecule has 0 bridgehead atoms. The Bertz CT molecular complexity index is 1640. The Labute approximate surface area is 242 Å². The molecule has 0 aliphatic carbocycles. The number of hydrogen-bond donors (Lipinski definition) is 1. The number of halogens is 3. The molecule has 1 unspecified atom stereocenters. The maximum absolute atomic E-state index is 14.0. The molecule has 0 spiro atoms. The Morgan fingerprint density at radius 1 is 1.00 bits per heavy atom. The molecule has 0 radical (unpaired) electrons. The van der Waals surface area contributed by atoms with Crippen LogP contribution in [0.3, 0.4) is 0 Å². The number of carbonyl (C=O) groups is 1. The summed E-state index contributed by atoms with van der Waals surface area (Å²) in [4.78, 5) is 13.4. The van der Waals surface area contributed by atoms with E-state index in [9.17, 15) is 26.4 Å². The van der Waals surface area contributed by atoms with Crippen molar-refractivity contribution in [1.29, 1.82) is 0 Å². The van der Waals surface area contributed by atoms with Crippen LogP contribution in [-0.4, -0.2) is 43.4 Å². The van der Waals surface area contributed by atoms with Crippen molar-refractivity contribution in [3.05, 3.63) is 101 Å². The fraction of sp³-hybridized carbons (Fsp3) is 0.300. The van der Waals surface area contributed by atoms with Crippen LogP contribution >= 0.6 is 0 Å². The van der Waals surface area contributed by atoms with Gasteiger partial charge in [-0.05, 0) is 49.6 Å². The van der Waals surface area contributed by atoms with Gasteiger partial charge in [0.25, 0.3) is 0 Å². The van der Waals surface area contributed by atoms with E-state index < -0.39 is 39.9 Å². The summed E-state index contributed by atoms with van der Waals surface area (Å²) >= 11 is 0. The lowest BCUT2D eigenvalue weighted by Crippen LogP contribution is -2.35. The normalized spacial score (nSPS) is 14.3. The van der Waals surface area contributed by atoms with Crippen LogP contribution in [0.2, 0.25) is 0 Å². The lowest BCUT2D eigenvalue weighted by molar-refractivity contribution is -0.149. The third kappa shape index (κ3) is 7.24. The van der Waals surface area contributed by atoms with Crippen molar-refractivity contribution in [3.63, 3.8) is 0 Å². The summed E-state index contributed by atoms with van der Waals surface area (Å²) in [5.74, 6) is -2.86. The lowest BCUT2D eigenvalue weighted by atomic mass is 9.90. The van der Waals surface area contributed by atoms with Gasteiger partial charge in [-0.25, -0.2) is 8.42 Å². The van der Waals surface area contributed by atoms with E-state index in [1.54, 1.807) is 19.9 Å². The molecule has 0 aliphatic heterocycles. The van der Waals surface area contributed by atoms with Gasteiger partial charge in [0.15, 0.2) is 5.78 Å². The third-order valence-electron chi connectivity index (χ3n) is 6.78. The Morgan fingerprint density at radius 3 is 2.19 bits per heavy atom. The SMILES string of the molecule is CCN(c1cc(C(=O)CC(c2ccccc2)C(F)(F)F)cc(-c2nnc([C@](C)(N)Cc3ccccc3)o2)c1)S(C)(=O)=O. The molecule has 4 rings (SSSR count). The molecule has 0 aliphatic rings. The topological polar surface area (TPSA) is 119 Å². The highest BCUT2D eigenvalue weighted by Crippen LogP contribution is 2.39. The highest BCUT2D eigenvalue weighted by atomic mass is 32.2. The fourth-order valence-electron chi connectivity index (χ4n) is 4.73. The summed E-state index contributed by atoms with van der Waals surface area (Å²) in [5.41, 5.74) is 6.42. The second-order valence-corrected chi connectivity index (χ2v) is 12.2. The average Bonchev–Trinajstić information content (AvgIpc) is 3.43. The summed E-state index contributed by atoms with van der Waals surface area (Å²) in [6.45, 7) is 3.32. The maximum atomic E-state index is 14.0. The predicted octanol–water partition coefficient (Wildman–Crippen LogP) is 5.86. The number of sulfonamides is 1. The van der Waals surface area contributed by atoms with Gasteiger partial charge in [0, 0.05) is 24.1 Å². The zero-order valence-electron chi connectivity index (χ0n) is 23.3. The van der Waals surface area contributed by atoms with Gasteiger partial charge in [-0.1, -0.05) is 60.7 Å². The number of benzene rings is 3. The number of alkyl halides is 3. The molecule has 2 N–H and O–H groups in total. The number of carbonyl (C=O) groups excluding carboxylic acids is 1. The van der Waals surface area contributed by atoms with E-state index in [2.05, 4.69) is 10.2 Å². The number of aromatic nitrogens is 2. The molecule has 0 saturated heterocycles. The number of nitrogens with zero attached hydrogens (tertiary/aromatic N) is 3. The third-order valence-corrected chi connectivity index (χ3v) is 8.05. The molecule has 0 saturated carbocycles. The summed E-state index contributed by atoms with van der Waals surface area (Å²) in [6, 6.07) is 20.6. The molecule has 0 amide bonds. The largest absolute Gasteiger partial charge is 0.419 e. The molecular formula is C30H31F3N4O4S. The first-order valence-corrected chi connectivity index (χ1v) is 15.0. The molecule has 1 aromatic heterocycles. The predicted molar refractivity (Wildman–Crippen MR) is 153 cm³/mol. The Hall–Kier alpha value is -4.03. The number of anilines is 1. The van der Waals surface area contributed by atoms with Gasteiger partial charge in [-0.2, -0.15) is 13.2 Å². The number of Topliss-reactive ketones (excluding diaryl/α,β-unsaturated/α-hetero) is 1. The Balaban J connectivity index is 1.75. The van der Waals surface area contributed by atoms with Gasteiger partial charge < -0.3 is 10.2 Å². The molecule has 0 fully saturated rings. The second kappa shape index (κ2) is 12.1. The number of rotatable bonds is 11. The van der Waals surface area contributed by atoms with Crippen molar-refractivity contribution in [3.8, 4) is 11.5 Å². The van der Waals surface area contributed by atoms with Gasteiger partial charge in [-0.15, -0.1) is 10.2 Å². The molecule has 42 heavy (non-hydrogen) atoms. The molecule has 2 atom stereocenters. The second-order valence-electron chi connectivity index (χ2n) is 10.3. The maximum Gasteiger partial charge on any atom is 0.396 e. The number of ketones is 1. The minimum atomic E-state index is -4.69. The van der Waals surface area contributed by atoms with Crippen LogP contribution in [0.15, 0.2) is 83.3 Å². The molecule has 222 valence electrons. The van der Waals surface area contributed by atoms with Crippen LogP contribution in [0, 0.1) is 0 Å². The van der Waals surface area contributed by atoms with Crippen molar-refractivity contribution >= 4 is 21.5 Å². The van der Waals surface area contributed by atoms with Crippen LogP contribution in [-0.2, 0) is 22.0 Å². The zero-order valence-corrected chi connectivity index (χ0v) is 24.1. The van der Waals surface area contributed by atoms with Gasteiger partial charge in [0.2, 0.25) is 21.8 Å². The van der Waals surface area contributed by atoms with Crippen LogP contribution < -0.4 is 10.0 Å². The highest BCUT2D eigenvalue weighted by molar-refractivity contribution is 7.92. The summed E-state index contributed by atoms with van der Waals surface area (Å²) in [6.07, 6.45) is -4.21. The van der Waals surface area contributed by atoms with Gasteiger partial charge >= 0.3 is 6.18 Å². The van der Waals surface area contributed by atoms with Crippen molar-refractivity contribution in [2.45, 2.75) is 44.3 Å². The standard InChI is InChI=1S/C30H31F3N4O4S/c1-4-37(42(3,39)40)24-16-22(26(38)18-25(30(31,32)33)21-13-9-6-10-14-21)15-23(17-24)27-35-36-28(41-27)29(2,34)19-20-11-7-5-8-12-20/h5-17,25H,4,18-19,34H2,1-3H3/t25?,29-/m1/s1. The molecular weight excluding hydrogens is 569 g/mol. The van der Waals surface area contributed by atoms with Gasteiger partial charge in [0.1, 0.15) is 0 Å². The Kier molecular flexibility index (Phi) is 8.88. The van der Waals surface area contributed by atoms with Crippen molar-refractivity contribution in [2.24, 2.45) is 5.73 Å². The Morgan fingerprint density at radius 2 is 1.62 bits per heavy atom. The quantitative estimate of drug-likeness (QED) is 0.214. The molecule has 1 heterocycles. The van der Waals surface area contributed by atoms with E-state index in [4.69, 9.17) is 10.2 Å². The molecule has 4 aromatic rings. The first-order chi connectivity index (χ1) is 19.7. The average molecular weight is 601 g/mol. The summed E-state index contributed by atoms with van der Waals surface area (Å²) < 4.78 is 74.1.